The first kappa shape index (κ1) is 14.1. The van der Waals surface area contributed by atoms with Crippen LogP contribution in [0.25, 0.3) is 0 Å². The number of rotatable bonds is 3. The van der Waals surface area contributed by atoms with Crippen LogP contribution in [0, 0.1) is 0 Å². The molecule has 0 saturated carbocycles. The van der Waals surface area contributed by atoms with Gasteiger partial charge in [-0.25, -0.2) is 0 Å². The average Bonchev–Trinajstić information content (AvgIpc) is 2.49. The van der Waals surface area contributed by atoms with Gasteiger partial charge in [-0.05, 0) is 37.6 Å². The van der Waals surface area contributed by atoms with Crippen LogP contribution < -0.4 is 5.32 Å². The Kier molecular flexibility index (Phi) is 4.39. The number of nitrogens with one attached hydrogen (secondary N) is 1. The van der Waals surface area contributed by atoms with E-state index >= 15 is 0 Å². The lowest BCUT2D eigenvalue weighted by Gasteiger charge is -2.44. The van der Waals surface area contributed by atoms with Crippen LogP contribution in [0.2, 0.25) is 0 Å². The van der Waals surface area contributed by atoms with Crippen molar-refractivity contribution in [3.8, 4) is 0 Å². The van der Waals surface area contributed by atoms with Crippen molar-refractivity contribution in [3.05, 3.63) is 35.4 Å². The number of fused-ring (bicyclic) bond motifs is 1. The van der Waals surface area contributed by atoms with Gasteiger partial charge in [0.25, 0.3) is 0 Å². The second-order valence-electron chi connectivity index (χ2n) is 6.18. The van der Waals surface area contributed by atoms with E-state index in [2.05, 4.69) is 53.4 Å². The lowest BCUT2D eigenvalue weighted by atomic mass is 9.83. The summed E-state index contributed by atoms with van der Waals surface area (Å²) in [5.74, 6) is 0. The zero-order valence-electron chi connectivity index (χ0n) is 12.8. The molecule has 1 saturated heterocycles. The number of piperazine rings is 1. The first-order valence-corrected chi connectivity index (χ1v) is 8.03. The molecule has 1 N–H and O–H groups in total. The Morgan fingerprint density at radius 1 is 1.15 bits per heavy atom. The maximum Gasteiger partial charge on any atom is 0.0480 e. The third kappa shape index (κ3) is 2.76. The molecule has 0 bridgehead atoms. The number of hydrogen-bond donors (Lipinski definition) is 1. The van der Waals surface area contributed by atoms with Gasteiger partial charge in [-0.3, -0.25) is 4.90 Å². The molecule has 1 aromatic carbocycles. The van der Waals surface area contributed by atoms with Crippen molar-refractivity contribution in [2.75, 3.05) is 39.8 Å². The number of nitrogens with zero attached hydrogens (tertiary/aromatic N) is 2. The van der Waals surface area contributed by atoms with Crippen LogP contribution in [0.4, 0.5) is 0 Å². The molecule has 2 unspecified atom stereocenters. The fourth-order valence-electron chi connectivity index (χ4n) is 3.76. The van der Waals surface area contributed by atoms with E-state index in [0.717, 1.165) is 6.54 Å². The first-order valence-electron chi connectivity index (χ1n) is 8.03. The van der Waals surface area contributed by atoms with Crippen LogP contribution >= 0.6 is 0 Å². The molecule has 2 atom stereocenters. The summed E-state index contributed by atoms with van der Waals surface area (Å²) in [4.78, 5) is 5.15. The maximum atomic E-state index is 3.74. The summed E-state index contributed by atoms with van der Waals surface area (Å²) < 4.78 is 0. The van der Waals surface area contributed by atoms with E-state index in [0.29, 0.717) is 12.1 Å². The van der Waals surface area contributed by atoms with Crippen molar-refractivity contribution in [2.45, 2.75) is 31.8 Å². The number of likely N-dealkylation sites (N-methyl/N-ethyl adjacent to an activating group) is 2. The molecule has 1 aliphatic heterocycles. The summed E-state index contributed by atoms with van der Waals surface area (Å²) in [6.07, 6.45) is 2.52. The fraction of sp³-hybridized carbons (Fsp3) is 0.647. The summed E-state index contributed by atoms with van der Waals surface area (Å²) in [6, 6.07) is 10.2. The summed E-state index contributed by atoms with van der Waals surface area (Å²) in [6.45, 7) is 8.10. The van der Waals surface area contributed by atoms with Gasteiger partial charge in [0.15, 0.2) is 0 Å². The normalized spacial score (nSPS) is 28.3. The monoisotopic (exact) mass is 273 g/mol. The summed E-state index contributed by atoms with van der Waals surface area (Å²) >= 11 is 0. The van der Waals surface area contributed by atoms with Crippen LogP contribution in [0.3, 0.4) is 0 Å². The fourth-order valence-corrected chi connectivity index (χ4v) is 3.76. The standard InChI is InChI=1S/C17H27N3/c1-3-18-17-15-7-5-4-6-14(15)8-9-16(17)20-12-10-19(2)11-13-20/h4-7,16-18H,3,8-13H2,1-2H3. The molecule has 20 heavy (non-hydrogen) atoms. The van der Waals surface area contributed by atoms with E-state index < -0.39 is 0 Å². The molecule has 3 nitrogen and oxygen atoms in total. The Labute approximate surface area is 123 Å². The highest BCUT2D eigenvalue weighted by atomic mass is 15.3. The Morgan fingerprint density at radius 2 is 1.90 bits per heavy atom. The highest BCUT2D eigenvalue weighted by Gasteiger charge is 2.33. The van der Waals surface area contributed by atoms with E-state index in [9.17, 15) is 0 Å². The van der Waals surface area contributed by atoms with E-state index in [1.54, 1.807) is 5.56 Å². The van der Waals surface area contributed by atoms with Crippen molar-refractivity contribution >= 4 is 0 Å². The predicted molar refractivity (Wildman–Crippen MR) is 84.0 cm³/mol. The molecule has 1 fully saturated rings. The third-order valence-electron chi connectivity index (χ3n) is 4.92. The smallest absolute Gasteiger partial charge is 0.0480 e. The number of aryl methyl sites for hydroxylation is 1. The van der Waals surface area contributed by atoms with Gasteiger partial charge in [0, 0.05) is 38.3 Å². The van der Waals surface area contributed by atoms with E-state index in [1.165, 1.54) is 44.6 Å². The van der Waals surface area contributed by atoms with Gasteiger partial charge in [-0.1, -0.05) is 31.2 Å². The topological polar surface area (TPSA) is 18.5 Å². The minimum Gasteiger partial charge on any atom is -0.309 e. The largest absolute Gasteiger partial charge is 0.309 e. The minimum absolute atomic E-state index is 0.508. The minimum atomic E-state index is 0.508. The van der Waals surface area contributed by atoms with E-state index in [1.807, 2.05) is 0 Å². The van der Waals surface area contributed by atoms with Crippen LogP contribution in [0.1, 0.15) is 30.5 Å². The lowest BCUT2D eigenvalue weighted by Crippen LogP contribution is -2.54. The van der Waals surface area contributed by atoms with Gasteiger partial charge >= 0.3 is 0 Å². The summed E-state index contributed by atoms with van der Waals surface area (Å²) in [7, 11) is 2.23. The zero-order valence-corrected chi connectivity index (χ0v) is 12.8. The molecule has 2 aliphatic rings. The lowest BCUT2D eigenvalue weighted by molar-refractivity contribution is 0.0817. The van der Waals surface area contributed by atoms with Crippen LogP contribution in [0.5, 0.6) is 0 Å². The molecule has 3 heteroatoms. The molecule has 0 amide bonds. The molecule has 3 rings (SSSR count). The van der Waals surface area contributed by atoms with Crippen molar-refractivity contribution in [1.29, 1.82) is 0 Å². The Bertz CT molecular complexity index is 438. The molecule has 0 radical (unpaired) electrons. The van der Waals surface area contributed by atoms with Gasteiger partial charge in [0.05, 0.1) is 0 Å². The molecule has 1 heterocycles. The van der Waals surface area contributed by atoms with Crippen molar-refractivity contribution in [3.63, 3.8) is 0 Å². The van der Waals surface area contributed by atoms with Crippen molar-refractivity contribution in [2.24, 2.45) is 0 Å². The van der Waals surface area contributed by atoms with Crippen molar-refractivity contribution < 1.29 is 0 Å². The third-order valence-corrected chi connectivity index (χ3v) is 4.92. The predicted octanol–water partition coefficient (Wildman–Crippen LogP) is 1.90. The second kappa shape index (κ2) is 6.25. The van der Waals surface area contributed by atoms with Gasteiger partial charge < -0.3 is 10.2 Å². The zero-order chi connectivity index (χ0) is 13.9. The number of benzene rings is 1. The van der Waals surface area contributed by atoms with Crippen LogP contribution in [-0.2, 0) is 6.42 Å². The summed E-state index contributed by atoms with van der Waals surface area (Å²) in [5, 5.41) is 3.74. The highest BCUT2D eigenvalue weighted by Crippen LogP contribution is 2.33. The average molecular weight is 273 g/mol. The Morgan fingerprint density at radius 3 is 2.65 bits per heavy atom. The molecule has 1 aromatic rings. The maximum absolute atomic E-state index is 3.74. The van der Waals surface area contributed by atoms with E-state index in [4.69, 9.17) is 0 Å². The van der Waals surface area contributed by atoms with Gasteiger partial charge in [-0.2, -0.15) is 0 Å². The van der Waals surface area contributed by atoms with Gasteiger partial charge in [0.1, 0.15) is 0 Å². The Balaban J connectivity index is 1.81. The van der Waals surface area contributed by atoms with Crippen LogP contribution in [-0.4, -0.2) is 55.6 Å². The summed E-state index contributed by atoms with van der Waals surface area (Å²) in [5.41, 5.74) is 3.08. The molecular formula is C17H27N3. The molecule has 1 aliphatic carbocycles. The van der Waals surface area contributed by atoms with Crippen LogP contribution in [0.15, 0.2) is 24.3 Å². The van der Waals surface area contributed by atoms with Gasteiger partial charge in [0.2, 0.25) is 0 Å². The van der Waals surface area contributed by atoms with Crippen molar-refractivity contribution in [1.82, 2.24) is 15.1 Å². The molecular weight excluding hydrogens is 246 g/mol. The molecule has 0 aromatic heterocycles. The quantitative estimate of drug-likeness (QED) is 0.907. The highest BCUT2D eigenvalue weighted by molar-refractivity contribution is 5.34. The second-order valence-corrected chi connectivity index (χ2v) is 6.18. The van der Waals surface area contributed by atoms with Gasteiger partial charge in [-0.15, -0.1) is 0 Å². The van der Waals surface area contributed by atoms with E-state index in [-0.39, 0.29) is 0 Å². The first-order chi connectivity index (χ1) is 9.79. The molecule has 110 valence electrons. The Hall–Kier alpha value is -0.900. The molecule has 0 spiro atoms. The SMILES string of the molecule is CCNC1c2ccccc2CCC1N1CCN(C)CC1. The number of hydrogen-bond acceptors (Lipinski definition) is 3.